The van der Waals surface area contributed by atoms with Gasteiger partial charge in [-0.15, -0.1) is 12.6 Å². The van der Waals surface area contributed by atoms with Crippen LogP contribution in [0.4, 0.5) is 0 Å². The molecule has 7 rings (SSSR count). The molecule has 6 aromatic carbocycles. The zero-order chi connectivity index (χ0) is 29.9. The van der Waals surface area contributed by atoms with Crippen LogP contribution in [0.5, 0.6) is 0 Å². The minimum Gasteiger partial charge on any atom is -0.143 e. The Bertz CT molecular complexity index is 1820. The van der Waals surface area contributed by atoms with Crippen molar-refractivity contribution in [3.05, 3.63) is 171 Å². The average Bonchev–Trinajstić information content (AvgIpc) is 3.28. The summed E-state index contributed by atoms with van der Waals surface area (Å²) >= 11 is 4.69. The van der Waals surface area contributed by atoms with Gasteiger partial charge in [0.15, 0.2) is 0 Å². The Balaban J connectivity index is 1.61. The van der Waals surface area contributed by atoms with Gasteiger partial charge in [0.25, 0.3) is 0 Å². The van der Waals surface area contributed by atoms with Crippen molar-refractivity contribution in [2.75, 3.05) is 0 Å². The Morgan fingerprint density at radius 3 is 1.26 bits per heavy atom. The standard InChI is InChI=1S/C42H36S/c1-26-12-16-33(17-13-26)42(34-18-20-35(43)21-19-34)38-24-31(40-27(2)8-6-9-28(40)3)14-22-36(38)37-23-15-32(25-39(37)42)41-29(4)10-7-11-30(41)5/h6-25,43H,1-5H3. The van der Waals surface area contributed by atoms with Crippen molar-refractivity contribution in [2.45, 2.75) is 44.9 Å². The van der Waals surface area contributed by atoms with Crippen LogP contribution in [0, 0.1) is 34.6 Å². The molecular weight excluding hydrogens is 537 g/mol. The number of fused-ring (bicyclic) bond motifs is 3. The fraction of sp³-hybridized carbons (Fsp3) is 0.143. The largest absolute Gasteiger partial charge is 0.143 e. The first-order chi connectivity index (χ1) is 20.8. The lowest BCUT2D eigenvalue weighted by molar-refractivity contribution is 0.767. The smallest absolute Gasteiger partial charge is 0.0714 e. The Morgan fingerprint density at radius 2 is 0.837 bits per heavy atom. The zero-order valence-electron chi connectivity index (χ0n) is 25.5. The quantitative estimate of drug-likeness (QED) is 0.199. The number of thiol groups is 1. The summed E-state index contributed by atoms with van der Waals surface area (Å²) in [5.41, 5.74) is 18.9. The molecule has 0 atom stereocenters. The van der Waals surface area contributed by atoms with Crippen molar-refractivity contribution >= 4 is 12.6 Å². The van der Waals surface area contributed by atoms with Gasteiger partial charge in [0.2, 0.25) is 0 Å². The van der Waals surface area contributed by atoms with E-state index in [1.807, 2.05) is 0 Å². The third-order valence-corrected chi connectivity index (χ3v) is 9.76. The van der Waals surface area contributed by atoms with Crippen molar-refractivity contribution in [2.24, 2.45) is 0 Å². The molecule has 0 aliphatic heterocycles. The van der Waals surface area contributed by atoms with Gasteiger partial charge in [-0.05, 0) is 137 Å². The first-order valence-corrected chi connectivity index (χ1v) is 15.5. The summed E-state index contributed by atoms with van der Waals surface area (Å²) in [4.78, 5) is 0.967. The molecule has 0 spiro atoms. The minimum absolute atomic E-state index is 0.487. The van der Waals surface area contributed by atoms with E-state index in [0.29, 0.717) is 0 Å². The van der Waals surface area contributed by atoms with Gasteiger partial charge in [0.1, 0.15) is 0 Å². The lowest BCUT2D eigenvalue weighted by Gasteiger charge is -2.34. The number of benzene rings is 6. The van der Waals surface area contributed by atoms with E-state index in [0.717, 1.165) is 4.90 Å². The molecule has 6 aromatic rings. The maximum atomic E-state index is 4.69. The van der Waals surface area contributed by atoms with Gasteiger partial charge in [-0.25, -0.2) is 0 Å². The van der Waals surface area contributed by atoms with Crippen LogP contribution < -0.4 is 0 Å². The molecule has 0 unspecified atom stereocenters. The molecule has 0 heterocycles. The average molecular weight is 573 g/mol. The van der Waals surface area contributed by atoms with Crippen LogP contribution in [-0.2, 0) is 5.41 Å². The highest BCUT2D eigenvalue weighted by molar-refractivity contribution is 7.80. The van der Waals surface area contributed by atoms with Crippen molar-refractivity contribution < 1.29 is 0 Å². The van der Waals surface area contributed by atoms with E-state index < -0.39 is 5.41 Å². The van der Waals surface area contributed by atoms with Gasteiger partial charge in [-0.1, -0.05) is 103 Å². The first kappa shape index (κ1) is 27.5. The Labute approximate surface area is 261 Å². The second-order valence-corrected chi connectivity index (χ2v) is 12.7. The summed E-state index contributed by atoms with van der Waals surface area (Å²) in [5.74, 6) is 0. The molecule has 0 saturated heterocycles. The third-order valence-electron chi connectivity index (χ3n) is 9.46. The van der Waals surface area contributed by atoms with Crippen LogP contribution in [0.2, 0.25) is 0 Å². The lowest BCUT2D eigenvalue weighted by Crippen LogP contribution is -2.28. The van der Waals surface area contributed by atoms with E-state index in [2.05, 4.69) is 169 Å². The molecule has 0 saturated carbocycles. The molecule has 1 aliphatic carbocycles. The Hall–Kier alpha value is -4.33. The van der Waals surface area contributed by atoms with Crippen molar-refractivity contribution in [1.82, 2.24) is 0 Å². The van der Waals surface area contributed by atoms with Crippen molar-refractivity contribution in [3.63, 3.8) is 0 Å². The summed E-state index contributed by atoms with van der Waals surface area (Å²) in [5, 5.41) is 0. The Morgan fingerprint density at radius 1 is 0.442 bits per heavy atom. The maximum Gasteiger partial charge on any atom is 0.0714 e. The molecule has 0 bridgehead atoms. The molecule has 210 valence electrons. The van der Waals surface area contributed by atoms with E-state index in [4.69, 9.17) is 0 Å². The Kier molecular flexibility index (Phi) is 6.67. The number of rotatable bonds is 4. The molecule has 0 fully saturated rings. The zero-order valence-corrected chi connectivity index (χ0v) is 26.4. The van der Waals surface area contributed by atoms with Crippen molar-refractivity contribution in [1.29, 1.82) is 0 Å². The fourth-order valence-electron chi connectivity index (χ4n) is 7.48. The molecule has 1 heteroatoms. The summed E-state index contributed by atoms with van der Waals surface area (Å²) in [6, 6.07) is 45.5. The highest BCUT2D eigenvalue weighted by Gasteiger charge is 2.46. The van der Waals surface area contributed by atoms with Gasteiger partial charge in [0.05, 0.1) is 5.41 Å². The minimum atomic E-state index is -0.487. The van der Waals surface area contributed by atoms with Crippen LogP contribution in [0.15, 0.2) is 126 Å². The number of aryl methyl sites for hydroxylation is 5. The van der Waals surface area contributed by atoms with E-state index in [9.17, 15) is 0 Å². The molecule has 0 amide bonds. The van der Waals surface area contributed by atoms with Crippen LogP contribution in [0.1, 0.15) is 50.1 Å². The van der Waals surface area contributed by atoms with Crippen LogP contribution in [-0.4, -0.2) is 0 Å². The maximum absolute atomic E-state index is 4.69. The topological polar surface area (TPSA) is 0 Å². The molecule has 43 heavy (non-hydrogen) atoms. The van der Waals surface area contributed by atoms with Gasteiger partial charge in [-0.2, -0.15) is 0 Å². The monoisotopic (exact) mass is 572 g/mol. The highest BCUT2D eigenvalue weighted by atomic mass is 32.1. The summed E-state index contributed by atoms with van der Waals surface area (Å²) < 4.78 is 0. The normalized spacial score (nSPS) is 13.1. The summed E-state index contributed by atoms with van der Waals surface area (Å²) in [6.45, 7) is 11.1. The molecule has 1 aliphatic rings. The number of hydrogen-bond acceptors (Lipinski definition) is 1. The second kappa shape index (κ2) is 10.4. The van der Waals surface area contributed by atoms with Crippen molar-refractivity contribution in [3.8, 4) is 33.4 Å². The lowest BCUT2D eigenvalue weighted by atomic mass is 9.67. The molecular formula is C42H36S. The fourth-order valence-corrected chi connectivity index (χ4v) is 7.63. The predicted molar refractivity (Wildman–Crippen MR) is 186 cm³/mol. The van der Waals surface area contributed by atoms with E-state index >= 15 is 0 Å². The highest BCUT2D eigenvalue weighted by Crippen LogP contribution is 2.57. The van der Waals surface area contributed by atoms with Gasteiger partial charge in [0, 0.05) is 4.90 Å². The first-order valence-electron chi connectivity index (χ1n) is 15.1. The molecule has 0 aromatic heterocycles. The van der Waals surface area contributed by atoms with E-state index in [1.165, 1.54) is 83.5 Å². The molecule has 0 N–H and O–H groups in total. The summed E-state index contributed by atoms with van der Waals surface area (Å²) in [6.07, 6.45) is 0. The summed E-state index contributed by atoms with van der Waals surface area (Å²) in [7, 11) is 0. The van der Waals surface area contributed by atoms with Gasteiger partial charge >= 0.3 is 0 Å². The van der Waals surface area contributed by atoms with Gasteiger partial charge < -0.3 is 0 Å². The number of hydrogen-bond donors (Lipinski definition) is 1. The molecule has 0 nitrogen and oxygen atoms in total. The van der Waals surface area contributed by atoms with Crippen LogP contribution >= 0.6 is 12.6 Å². The predicted octanol–water partition coefficient (Wildman–Crippen LogP) is 11.2. The SMILES string of the molecule is Cc1ccc(C2(c3ccc(S)cc3)c3cc(-c4c(C)cccc4C)ccc3-c3ccc(-c4c(C)cccc4C)cc32)cc1. The van der Waals surface area contributed by atoms with Crippen LogP contribution in [0.3, 0.4) is 0 Å². The van der Waals surface area contributed by atoms with E-state index in [-0.39, 0.29) is 0 Å². The van der Waals surface area contributed by atoms with Gasteiger partial charge in [-0.3, -0.25) is 0 Å². The van der Waals surface area contributed by atoms with E-state index in [1.54, 1.807) is 0 Å². The second-order valence-electron chi connectivity index (χ2n) is 12.2. The third kappa shape index (κ3) is 4.29. The molecule has 0 radical (unpaired) electrons. The van der Waals surface area contributed by atoms with Crippen LogP contribution in [0.25, 0.3) is 33.4 Å².